The van der Waals surface area contributed by atoms with Gasteiger partial charge in [-0.2, -0.15) is 0 Å². The summed E-state index contributed by atoms with van der Waals surface area (Å²) in [5, 5.41) is 0. The maximum absolute atomic E-state index is 13.1. The first-order valence-electron chi connectivity index (χ1n) is 9.58. The molecule has 6 nitrogen and oxygen atoms in total. The van der Waals surface area contributed by atoms with Gasteiger partial charge in [-0.05, 0) is 50.6 Å². The fourth-order valence-electron chi connectivity index (χ4n) is 3.56. The van der Waals surface area contributed by atoms with E-state index in [-0.39, 0.29) is 30.7 Å². The van der Waals surface area contributed by atoms with Crippen LogP contribution in [0, 0.1) is 0 Å². The first-order valence-corrected chi connectivity index (χ1v) is 9.58. The number of ether oxygens (including phenoxy) is 1. The molecule has 1 unspecified atom stereocenters. The zero-order valence-electron chi connectivity index (χ0n) is 17.2. The number of ketones is 1. The lowest BCUT2D eigenvalue weighted by Gasteiger charge is -2.34. The quantitative estimate of drug-likeness (QED) is 0.551. The van der Waals surface area contributed by atoms with E-state index in [0.29, 0.717) is 11.3 Å². The summed E-state index contributed by atoms with van der Waals surface area (Å²) >= 11 is 0. The van der Waals surface area contributed by atoms with Gasteiger partial charge in [-0.15, -0.1) is 0 Å². The highest BCUT2D eigenvalue weighted by molar-refractivity contribution is 6.08. The molecule has 2 aromatic rings. The van der Waals surface area contributed by atoms with Gasteiger partial charge in [0, 0.05) is 17.5 Å². The fourth-order valence-corrected chi connectivity index (χ4v) is 3.56. The van der Waals surface area contributed by atoms with E-state index in [2.05, 4.69) is 0 Å². The summed E-state index contributed by atoms with van der Waals surface area (Å²) in [4.78, 5) is 41.8. The lowest BCUT2D eigenvalue weighted by molar-refractivity contribution is -0.129. The summed E-state index contributed by atoms with van der Waals surface area (Å²) in [5.41, 5.74) is 0.759. The van der Waals surface area contributed by atoms with E-state index in [0.717, 1.165) is 5.56 Å². The Morgan fingerprint density at radius 2 is 1.62 bits per heavy atom. The van der Waals surface area contributed by atoms with Crippen LogP contribution in [0.5, 0.6) is 5.75 Å². The van der Waals surface area contributed by atoms with Crippen LogP contribution in [0.1, 0.15) is 43.1 Å². The molecule has 0 N–H and O–H groups in total. The van der Waals surface area contributed by atoms with Crippen molar-refractivity contribution < 1.29 is 19.1 Å². The average molecular weight is 394 g/mol. The average Bonchev–Trinajstić information content (AvgIpc) is 2.93. The van der Waals surface area contributed by atoms with Crippen LogP contribution in [-0.2, 0) is 11.3 Å². The zero-order chi connectivity index (χ0) is 21.2. The molecule has 1 saturated heterocycles. The molecule has 152 valence electrons. The third kappa shape index (κ3) is 4.31. The zero-order valence-corrected chi connectivity index (χ0v) is 17.2. The van der Waals surface area contributed by atoms with Crippen molar-refractivity contribution >= 4 is 17.7 Å². The standard InChI is InChI=1S/C23H26N2O4/c1-23(2,3)25-19(14-20(26)17-10-12-18(29-4)13-11-17)21(27)24(22(25)28)15-16-8-6-5-7-9-16/h5-13,19H,14-15H2,1-4H3. The van der Waals surface area contributed by atoms with Crippen LogP contribution in [0.25, 0.3) is 0 Å². The number of methoxy groups -OCH3 is 1. The number of carbonyl (C=O) groups excluding carboxylic acids is 3. The highest BCUT2D eigenvalue weighted by Crippen LogP contribution is 2.30. The summed E-state index contributed by atoms with van der Waals surface area (Å²) in [6, 6.07) is 14.9. The number of imide groups is 1. The van der Waals surface area contributed by atoms with E-state index >= 15 is 0 Å². The Morgan fingerprint density at radius 3 is 2.17 bits per heavy atom. The molecule has 0 saturated carbocycles. The van der Waals surface area contributed by atoms with Crippen molar-refractivity contribution in [1.82, 2.24) is 9.80 Å². The Morgan fingerprint density at radius 1 is 1.00 bits per heavy atom. The largest absolute Gasteiger partial charge is 0.497 e. The van der Waals surface area contributed by atoms with Gasteiger partial charge >= 0.3 is 6.03 Å². The summed E-state index contributed by atoms with van der Waals surface area (Å²) in [6.07, 6.45) is -0.0561. The minimum atomic E-state index is -0.819. The molecule has 1 heterocycles. The Kier molecular flexibility index (Phi) is 5.73. The third-order valence-electron chi connectivity index (χ3n) is 5.00. The second kappa shape index (κ2) is 8.07. The Hall–Kier alpha value is -3.15. The second-order valence-electron chi connectivity index (χ2n) is 8.10. The molecular weight excluding hydrogens is 368 g/mol. The molecule has 1 fully saturated rings. The summed E-state index contributed by atoms with van der Waals surface area (Å²) in [7, 11) is 1.56. The summed E-state index contributed by atoms with van der Waals surface area (Å²) in [5.74, 6) is 0.129. The van der Waals surface area contributed by atoms with Crippen LogP contribution < -0.4 is 4.74 Å². The Labute approximate surface area is 171 Å². The molecule has 0 radical (unpaired) electrons. The number of Topliss-reactive ketones (excluding diaryl/α,β-unsaturated/α-hetero) is 1. The number of hydrogen-bond acceptors (Lipinski definition) is 4. The number of urea groups is 1. The van der Waals surface area contributed by atoms with Crippen molar-refractivity contribution in [3.05, 3.63) is 65.7 Å². The Bertz CT molecular complexity index is 901. The molecule has 6 heteroatoms. The van der Waals surface area contributed by atoms with Gasteiger partial charge < -0.3 is 9.64 Å². The van der Waals surface area contributed by atoms with Gasteiger partial charge in [0.25, 0.3) is 5.91 Å². The van der Waals surface area contributed by atoms with Gasteiger partial charge in [-0.3, -0.25) is 14.5 Å². The number of rotatable bonds is 6. The molecule has 0 aliphatic carbocycles. The first-order chi connectivity index (χ1) is 13.7. The van der Waals surface area contributed by atoms with E-state index in [1.54, 1.807) is 31.4 Å². The van der Waals surface area contributed by atoms with E-state index in [4.69, 9.17) is 4.74 Å². The van der Waals surface area contributed by atoms with Crippen molar-refractivity contribution in [3.8, 4) is 5.75 Å². The number of benzene rings is 2. The van der Waals surface area contributed by atoms with E-state index in [1.165, 1.54) is 9.80 Å². The van der Waals surface area contributed by atoms with Gasteiger partial charge in [0.1, 0.15) is 11.8 Å². The number of hydrogen-bond donors (Lipinski definition) is 0. The minimum Gasteiger partial charge on any atom is -0.497 e. The lowest BCUT2D eigenvalue weighted by Crippen LogP contribution is -2.49. The minimum absolute atomic E-state index is 0.0561. The van der Waals surface area contributed by atoms with E-state index in [1.807, 2.05) is 51.1 Å². The molecule has 0 aromatic heterocycles. The first kappa shape index (κ1) is 20.6. The van der Waals surface area contributed by atoms with Gasteiger partial charge in [0.15, 0.2) is 5.78 Å². The Balaban J connectivity index is 1.85. The highest BCUT2D eigenvalue weighted by atomic mass is 16.5. The third-order valence-corrected chi connectivity index (χ3v) is 5.00. The van der Waals surface area contributed by atoms with Crippen molar-refractivity contribution in [2.24, 2.45) is 0 Å². The number of nitrogens with zero attached hydrogens (tertiary/aromatic N) is 2. The maximum atomic E-state index is 13.1. The molecule has 2 aromatic carbocycles. The van der Waals surface area contributed by atoms with Crippen LogP contribution in [-0.4, -0.2) is 46.2 Å². The predicted octanol–water partition coefficient (Wildman–Crippen LogP) is 3.90. The molecular formula is C23H26N2O4. The van der Waals surface area contributed by atoms with Gasteiger partial charge in [-0.25, -0.2) is 4.79 Å². The van der Waals surface area contributed by atoms with Crippen LogP contribution in [0.4, 0.5) is 4.79 Å². The normalized spacial score (nSPS) is 17.0. The van der Waals surface area contributed by atoms with Crippen molar-refractivity contribution in [2.75, 3.05) is 7.11 Å². The van der Waals surface area contributed by atoms with E-state index < -0.39 is 11.6 Å². The molecule has 0 spiro atoms. The molecule has 0 bridgehead atoms. The molecule has 29 heavy (non-hydrogen) atoms. The second-order valence-corrected chi connectivity index (χ2v) is 8.10. The topological polar surface area (TPSA) is 66.9 Å². The monoisotopic (exact) mass is 394 g/mol. The maximum Gasteiger partial charge on any atom is 0.328 e. The number of amides is 3. The van der Waals surface area contributed by atoms with Gasteiger partial charge in [-0.1, -0.05) is 30.3 Å². The molecule has 1 aliphatic rings. The van der Waals surface area contributed by atoms with Crippen LogP contribution in [0.2, 0.25) is 0 Å². The highest BCUT2D eigenvalue weighted by Gasteiger charge is 2.49. The number of carbonyl (C=O) groups is 3. The van der Waals surface area contributed by atoms with Crippen LogP contribution in [0.3, 0.4) is 0 Å². The lowest BCUT2D eigenvalue weighted by atomic mass is 9.98. The summed E-state index contributed by atoms with van der Waals surface area (Å²) in [6.45, 7) is 5.80. The summed E-state index contributed by atoms with van der Waals surface area (Å²) < 4.78 is 5.12. The fraction of sp³-hybridized carbons (Fsp3) is 0.348. The van der Waals surface area contributed by atoms with Gasteiger partial charge in [0.05, 0.1) is 13.7 Å². The van der Waals surface area contributed by atoms with Crippen molar-refractivity contribution in [2.45, 2.75) is 45.3 Å². The SMILES string of the molecule is COc1ccc(C(=O)CC2C(=O)N(Cc3ccccc3)C(=O)N2C(C)(C)C)cc1. The smallest absolute Gasteiger partial charge is 0.328 e. The van der Waals surface area contributed by atoms with E-state index in [9.17, 15) is 14.4 Å². The molecule has 1 aliphatic heterocycles. The van der Waals surface area contributed by atoms with Gasteiger partial charge in [0.2, 0.25) is 0 Å². The molecule has 3 amide bonds. The van der Waals surface area contributed by atoms with Crippen LogP contribution >= 0.6 is 0 Å². The van der Waals surface area contributed by atoms with Crippen molar-refractivity contribution in [3.63, 3.8) is 0 Å². The van der Waals surface area contributed by atoms with Crippen LogP contribution in [0.15, 0.2) is 54.6 Å². The van der Waals surface area contributed by atoms with Crippen molar-refractivity contribution in [1.29, 1.82) is 0 Å². The predicted molar refractivity (Wildman–Crippen MR) is 110 cm³/mol. The molecule has 1 atom stereocenters. The molecule has 3 rings (SSSR count).